The van der Waals surface area contributed by atoms with Crippen molar-refractivity contribution in [1.29, 1.82) is 0 Å². The molecule has 0 bridgehead atoms. The van der Waals surface area contributed by atoms with E-state index in [1.807, 2.05) is 18.2 Å². The van der Waals surface area contributed by atoms with Gasteiger partial charge >= 0.3 is 0 Å². The van der Waals surface area contributed by atoms with Gasteiger partial charge in [0.2, 0.25) is 0 Å². The summed E-state index contributed by atoms with van der Waals surface area (Å²) >= 11 is 3.42. The summed E-state index contributed by atoms with van der Waals surface area (Å²) in [7, 11) is 1.46. The number of hydrogen-bond donors (Lipinski definition) is 2. The number of halogens is 1. The van der Waals surface area contributed by atoms with Gasteiger partial charge in [-0.25, -0.2) is 4.98 Å². The van der Waals surface area contributed by atoms with E-state index in [-0.39, 0.29) is 11.3 Å². The number of aromatic amines is 1. The van der Waals surface area contributed by atoms with E-state index in [0.29, 0.717) is 22.3 Å². The Morgan fingerprint density at radius 3 is 3.00 bits per heavy atom. The van der Waals surface area contributed by atoms with Gasteiger partial charge in [-0.2, -0.15) is 9.78 Å². The van der Waals surface area contributed by atoms with Gasteiger partial charge in [0.1, 0.15) is 17.4 Å². The molecule has 0 fully saturated rings. The summed E-state index contributed by atoms with van der Waals surface area (Å²) in [6, 6.07) is 10.7. The van der Waals surface area contributed by atoms with Gasteiger partial charge in [0.15, 0.2) is 11.5 Å². The number of methoxy groups -OCH3 is 1. The van der Waals surface area contributed by atoms with Crippen LogP contribution in [0.3, 0.4) is 0 Å². The molecule has 2 aromatic carbocycles. The number of rotatable bonds is 3. The van der Waals surface area contributed by atoms with E-state index < -0.39 is 0 Å². The van der Waals surface area contributed by atoms with Crippen molar-refractivity contribution in [2.24, 2.45) is 5.10 Å². The van der Waals surface area contributed by atoms with E-state index in [0.717, 1.165) is 20.1 Å². The maximum Gasteiger partial charge on any atom is 0.298 e. The van der Waals surface area contributed by atoms with Crippen molar-refractivity contribution in [3.8, 4) is 11.5 Å². The van der Waals surface area contributed by atoms with Gasteiger partial charge in [-0.05, 0) is 30.3 Å². The molecule has 0 radical (unpaired) electrons. The minimum absolute atomic E-state index is 0.0451. The molecule has 0 amide bonds. The highest BCUT2D eigenvalue weighted by Crippen LogP contribution is 2.28. The van der Waals surface area contributed by atoms with Gasteiger partial charge in [0.25, 0.3) is 5.56 Å². The van der Waals surface area contributed by atoms with Crippen LogP contribution < -0.4 is 10.3 Å². The number of H-pyrrole nitrogens is 1. The molecule has 0 aliphatic carbocycles. The van der Waals surface area contributed by atoms with Crippen LogP contribution in [0.4, 0.5) is 0 Å². The van der Waals surface area contributed by atoms with Crippen molar-refractivity contribution >= 4 is 44.1 Å². The zero-order valence-electron chi connectivity index (χ0n) is 13.6. The number of benzene rings is 2. The van der Waals surface area contributed by atoms with E-state index in [2.05, 4.69) is 31.0 Å². The monoisotopic (exact) mass is 412 g/mol. The van der Waals surface area contributed by atoms with Crippen molar-refractivity contribution in [2.45, 2.75) is 0 Å². The second-order valence-corrected chi connectivity index (χ2v) is 6.49. The minimum Gasteiger partial charge on any atom is -0.504 e. The lowest BCUT2D eigenvalue weighted by molar-refractivity contribution is 0.373. The van der Waals surface area contributed by atoms with Crippen molar-refractivity contribution in [3.63, 3.8) is 0 Å². The number of hydrogen-bond acceptors (Lipinski definition) is 5. The number of nitrogens with one attached hydrogen (secondary N) is 1. The number of para-hydroxylation sites is 1. The number of aromatic nitrogens is 3. The van der Waals surface area contributed by atoms with Crippen molar-refractivity contribution in [3.05, 3.63) is 63.1 Å². The van der Waals surface area contributed by atoms with Crippen LogP contribution in [0.2, 0.25) is 0 Å². The van der Waals surface area contributed by atoms with Crippen LogP contribution in [0, 0.1) is 0 Å². The van der Waals surface area contributed by atoms with E-state index in [4.69, 9.17) is 4.74 Å². The number of nitrogens with zero attached hydrogens (tertiary/aromatic N) is 3. The highest BCUT2D eigenvalue weighted by molar-refractivity contribution is 9.10. The smallest absolute Gasteiger partial charge is 0.298 e. The minimum atomic E-state index is -0.332. The van der Waals surface area contributed by atoms with Gasteiger partial charge in [0.05, 0.1) is 13.3 Å². The molecule has 0 spiro atoms. The number of phenols is 1. The van der Waals surface area contributed by atoms with Crippen LogP contribution in [-0.2, 0) is 0 Å². The molecule has 2 heterocycles. The zero-order valence-corrected chi connectivity index (χ0v) is 15.2. The van der Waals surface area contributed by atoms with Gasteiger partial charge in [-0.1, -0.05) is 22.0 Å². The Hall–Kier alpha value is -3.13. The summed E-state index contributed by atoms with van der Waals surface area (Å²) in [6.45, 7) is 0. The van der Waals surface area contributed by atoms with Crippen LogP contribution in [0.5, 0.6) is 11.5 Å². The molecule has 130 valence electrons. The SMILES string of the molecule is COc1cccc(/C=N\n2cnc3c([nH]c4ccc(Br)cc43)c2=O)c1O. The summed E-state index contributed by atoms with van der Waals surface area (Å²) in [5.74, 6) is 0.285. The molecule has 0 aliphatic heterocycles. The molecule has 7 nitrogen and oxygen atoms in total. The Bertz CT molecular complexity index is 1230. The summed E-state index contributed by atoms with van der Waals surface area (Å²) in [4.78, 5) is 20.1. The molecule has 0 atom stereocenters. The lowest BCUT2D eigenvalue weighted by Crippen LogP contribution is -2.17. The van der Waals surface area contributed by atoms with Crippen LogP contribution in [0.1, 0.15) is 5.56 Å². The topological polar surface area (TPSA) is 92.5 Å². The molecular formula is C18H13BrN4O3. The first-order chi connectivity index (χ1) is 12.6. The normalized spacial score (nSPS) is 11.6. The van der Waals surface area contributed by atoms with E-state index in [1.165, 1.54) is 19.7 Å². The van der Waals surface area contributed by atoms with E-state index in [9.17, 15) is 9.90 Å². The average Bonchev–Trinajstić information content (AvgIpc) is 3.01. The molecule has 4 rings (SSSR count). The van der Waals surface area contributed by atoms with Crippen LogP contribution in [0.15, 0.2) is 57.1 Å². The first kappa shape index (κ1) is 16.3. The van der Waals surface area contributed by atoms with Crippen LogP contribution >= 0.6 is 15.9 Å². The largest absolute Gasteiger partial charge is 0.504 e. The van der Waals surface area contributed by atoms with Crippen LogP contribution in [0.25, 0.3) is 21.9 Å². The van der Waals surface area contributed by atoms with Gasteiger partial charge in [-0.15, -0.1) is 0 Å². The Morgan fingerprint density at radius 2 is 2.19 bits per heavy atom. The maximum atomic E-state index is 12.7. The molecule has 0 saturated carbocycles. The molecule has 2 N–H and O–H groups in total. The molecule has 26 heavy (non-hydrogen) atoms. The molecule has 0 aliphatic rings. The van der Waals surface area contributed by atoms with Crippen molar-refractivity contribution in [1.82, 2.24) is 14.6 Å². The second-order valence-electron chi connectivity index (χ2n) is 5.58. The third kappa shape index (κ3) is 2.64. The molecule has 4 aromatic rings. The fourth-order valence-corrected chi connectivity index (χ4v) is 3.09. The quantitative estimate of drug-likeness (QED) is 0.505. The number of phenolic OH excluding ortho intramolecular Hbond substituents is 1. The Balaban J connectivity index is 1.82. The second kappa shape index (κ2) is 6.30. The summed E-state index contributed by atoms with van der Waals surface area (Å²) < 4.78 is 7.08. The molecule has 8 heteroatoms. The first-order valence-electron chi connectivity index (χ1n) is 7.67. The maximum absolute atomic E-state index is 12.7. The third-order valence-corrected chi connectivity index (χ3v) is 4.52. The van der Waals surface area contributed by atoms with Gasteiger partial charge in [0, 0.05) is 20.9 Å². The Morgan fingerprint density at radius 1 is 1.35 bits per heavy atom. The molecule has 0 saturated heterocycles. The van der Waals surface area contributed by atoms with E-state index >= 15 is 0 Å². The van der Waals surface area contributed by atoms with Crippen molar-refractivity contribution in [2.75, 3.05) is 7.11 Å². The number of aromatic hydroxyl groups is 1. The lowest BCUT2D eigenvalue weighted by Gasteiger charge is -2.05. The molecule has 2 aromatic heterocycles. The zero-order chi connectivity index (χ0) is 18.3. The first-order valence-corrected chi connectivity index (χ1v) is 8.46. The molecule has 0 unspecified atom stereocenters. The highest BCUT2D eigenvalue weighted by Gasteiger charge is 2.11. The van der Waals surface area contributed by atoms with Crippen LogP contribution in [-0.4, -0.2) is 33.1 Å². The van der Waals surface area contributed by atoms with Gasteiger partial charge in [-0.3, -0.25) is 4.79 Å². The Kier molecular flexibility index (Phi) is 3.96. The van der Waals surface area contributed by atoms with Gasteiger partial charge < -0.3 is 14.8 Å². The standard InChI is InChI=1S/C18H13BrN4O3/c1-26-14-4-2-3-10(17(14)24)8-21-23-9-20-15-12-7-11(19)5-6-13(12)22-16(15)18(23)25/h2-9,22,24H,1H3/b21-8-. The highest BCUT2D eigenvalue weighted by atomic mass is 79.9. The third-order valence-electron chi connectivity index (χ3n) is 4.02. The van der Waals surface area contributed by atoms with Crippen molar-refractivity contribution < 1.29 is 9.84 Å². The summed E-state index contributed by atoms with van der Waals surface area (Å²) in [5, 5.41) is 15.1. The predicted octanol–water partition coefficient (Wildman–Crippen LogP) is 3.24. The van der Waals surface area contributed by atoms with E-state index in [1.54, 1.807) is 18.2 Å². The Labute approximate surface area is 155 Å². The number of ether oxygens (including phenoxy) is 1. The summed E-state index contributed by atoms with van der Waals surface area (Å²) in [5.41, 5.74) is 1.87. The fraction of sp³-hybridized carbons (Fsp3) is 0.0556. The average molecular weight is 413 g/mol. The fourth-order valence-electron chi connectivity index (χ4n) is 2.73. The predicted molar refractivity (Wildman–Crippen MR) is 103 cm³/mol. The molecular weight excluding hydrogens is 400 g/mol. The number of fused-ring (bicyclic) bond motifs is 3. The summed E-state index contributed by atoms with van der Waals surface area (Å²) in [6.07, 6.45) is 2.73. The lowest BCUT2D eigenvalue weighted by atomic mass is 10.2.